The topological polar surface area (TPSA) is 39.2 Å². The van der Waals surface area contributed by atoms with Crippen LogP contribution in [-0.2, 0) is 15.7 Å². The Morgan fingerprint density at radius 3 is 2.67 bits per heavy atom. The van der Waals surface area contributed by atoms with Crippen LogP contribution in [0.4, 0.5) is 13.2 Å². The van der Waals surface area contributed by atoms with E-state index in [1.165, 1.54) is 13.2 Å². The molecule has 0 amide bonds. The summed E-state index contributed by atoms with van der Waals surface area (Å²) >= 11 is 1.13. The van der Waals surface area contributed by atoms with Crippen LogP contribution < -0.4 is 0 Å². The summed E-state index contributed by atoms with van der Waals surface area (Å²) in [5.41, 5.74) is 0.408. The maximum absolute atomic E-state index is 12.8. The number of fused-ring (bicyclic) bond motifs is 1. The first kappa shape index (κ1) is 15.6. The third kappa shape index (κ3) is 3.66. The number of esters is 1. The van der Waals surface area contributed by atoms with Crippen LogP contribution in [0.15, 0.2) is 29.2 Å². The average Bonchev–Trinajstić information content (AvgIpc) is 2.42. The number of pyridine rings is 1. The Bertz CT molecular complexity index is 686. The molecule has 0 radical (unpaired) electrons. The van der Waals surface area contributed by atoms with Crippen molar-refractivity contribution in [3.8, 4) is 0 Å². The van der Waals surface area contributed by atoms with Crippen LogP contribution in [0.5, 0.6) is 0 Å². The number of hydrogen-bond donors (Lipinski definition) is 0. The Labute approximate surface area is 123 Å². The van der Waals surface area contributed by atoms with Crippen molar-refractivity contribution in [2.45, 2.75) is 18.0 Å². The summed E-state index contributed by atoms with van der Waals surface area (Å²) < 4.78 is 42.9. The highest BCUT2D eigenvalue weighted by molar-refractivity contribution is 8.00. The van der Waals surface area contributed by atoms with Gasteiger partial charge in [-0.05, 0) is 31.2 Å². The van der Waals surface area contributed by atoms with Gasteiger partial charge in [0, 0.05) is 16.0 Å². The fourth-order valence-electron chi connectivity index (χ4n) is 1.81. The summed E-state index contributed by atoms with van der Waals surface area (Å²) in [6, 6.07) is 5.06. The fourth-order valence-corrected chi connectivity index (χ4v) is 2.78. The number of hydrogen-bond acceptors (Lipinski definition) is 4. The summed E-state index contributed by atoms with van der Waals surface area (Å²) in [7, 11) is 1.26. The van der Waals surface area contributed by atoms with Gasteiger partial charge in [0.05, 0.1) is 23.9 Å². The number of nitrogens with zero attached hydrogens (tertiary/aromatic N) is 1. The molecule has 1 aromatic carbocycles. The number of alkyl halides is 3. The minimum absolute atomic E-state index is 0.0330. The summed E-state index contributed by atoms with van der Waals surface area (Å²) in [6.45, 7) is 1.75. The zero-order valence-electron chi connectivity index (χ0n) is 11.3. The van der Waals surface area contributed by atoms with Gasteiger partial charge in [-0.25, -0.2) is 0 Å². The number of carbonyl (C=O) groups excluding carboxylic acids is 1. The lowest BCUT2D eigenvalue weighted by molar-refractivity contribution is -0.138. The largest absolute Gasteiger partial charge is 0.468 e. The van der Waals surface area contributed by atoms with Crippen LogP contribution in [0.3, 0.4) is 0 Å². The molecule has 1 aromatic heterocycles. The second kappa shape index (κ2) is 5.93. The van der Waals surface area contributed by atoms with Gasteiger partial charge < -0.3 is 4.74 Å². The third-order valence-corrected chi connectivity index (χ3v) is 3.83. The molecular formula is C14H12F3NO2S. The van der Waals surface area contributed by atoms with E-state index in [4.69, 9.17) is 0 Å². The molecule has 21 heavy (non-hydrogen) atoms. The van der Waals surface area contributed by atoms with E-state index < -0.39 is 17.7 Å². The van der Waals surface area contributed by atoms with Gasteiger partial charge in [-0.15, -0.1) is 11.8 Å². The van der Waals surface area contributed by atoms with E-state index in [0.717, 1.165) is 23.9 Å². The lowest BCUT2D eigenvalue weighted by Gasteiger charge is -2.11. The number of aryl methyl sites for hydroxylation is 1. The molecule has 2 aromatic rings. The van der Waals surface area contributed by atoms with Crippen LogP contribution in [0.2, 0.25) is 0 Å². The molecule has 0 saturated heterocycles. The number of aromatic nitrogens is 1. The highest BCUT2D eigenvalue weighted by Crippen LogP contribution is 2.34. The van der Waals surface area contributed by atoms with Crippen molar-refractivity contribution in [1.29, 1.82) is 0 Å². The molecular weight excluding hydrogens is 303 g/mol. The number of thioether (sulfide) groups is 1. The van der Waals surface area contributed by atoms with Crippen molar-refractivity contribution in [2.75, 3.05) is 12.9 Å². The minimum atomic E-state index is -4.41. The Morgan fingerprint density at radius 1 is 1.33 bits per heavy atom. The van der Waals surface area contributed by atoms with Crippen molar-refractivity contribution in [2.24, 2.45) is 0 Å². The van der Waals surface area contributed by atoms with E-state index in [9.17, 15) is 18.0 Å². The van der Waals surface area contributed by atoms with Crippen LogP contribution in [0, 0.1) is 6.92 Å². The first-order valence-corrected chi connectivity index (χ1v) is 6.98. The van der Waals surface area contributed by atoms with Gasteiger partial charge in [0.25, 0.3) is 0 Å². The smallest absolute Gasteiger partial charge is 0.416 e. The van der Waals surface area contributed by atoms with Gasteiger partial charge in [-0.2, -0.15) is 13.2 Å². The predicted molar refractivity (Wildman–Crippen MR) is 74.2 cm³/mol. The molecule has 0 saturated carbocycles. The van der Waals surface area contributed by atoms with Crippen molar-refractivity contribution in [3.05, 3.63) is 35.5 Å². The van der Waals surface area contributed by atoms with E-state index in [-0.39, 0.29) is 5.75 Å². The lowest BCUT2D eigenvalue weighted by Crippen LogP contribution is -2.05. The van der Waals surface area contributed by atoms with E-state index in [0.29, 0.717) is 21.5 Å². The highest BCUT2D eigenvalue weighted by Gasteiger charge is 2.30. The maximum Gasteiger partial charge on any atom is 0.416 e. The molecule has 0 aliphatic heterocycles. The monoisotopic (exact) mass is 315 g/mol. The SMILES string of the molecule is COC(=O)CSc1cc(C)nc2ccc(C(F)(F)F)cc12. The lowest BCUT2D eigenvalue weighted by atomic mass is 10.1. The normalized spacial score (nSPS) is 11.7. The summed E-state index contributed by atoms with van der Waals surface area (Å²) in [5.74, 6) is -0.403. The molecule has 112 valence electrons. The van der Waals surface area contributed by atoms with Gasteiger partial charge in [-0.1, -0.05) is 0 Å². The highest BCUT2D eigenvalue weighted by atomic mass is 32.2. The van der Waals surface area contributed by atoms with Crippen LogP contribution in [-0.4, -0.2) is 23.8 Å². The van der Waals surface area contributed by atoms with E-state index in [1.54, 1.807) is 13.0 Å². The summed E-state index contributed by atoms with van der Waals surface area (Å²) in [5, 5.41) is 0.379. The van der Waals surface area contributed by atoms with Crippen LogP contribution in [0.25, 0.3) is 10.9 Å². The zero-order valence-corrected chi connectivity index (χ0v) is 12.1. The molecule has 0 aliphatic carbocycles. The molecule has 0 atom stereocenters. The Balaban J connectivity index is 2.49. The van der Waals surface area contributed by atoms with Crippen LogP contribution >= 0.6 is 11.8 Å². The maximum atomic E-state index is 12.8. The molecule has 3 nitrogen and oxygen atoms in total. The Morgan fingerprint density at radius 2 is 2.05 bits per heavy atom. The molecule has 7 heteroatoms. The first-order chi connectivity index (χ1) is 9.81. The number of methoxy groups -OCH3 is 1. The minimum Gasteiger partial charge on any atom is -0.468 e. The second-order valence-corrected chi connectivity index (χ2v) is 5.37. The molecule has 2 rings (SSSR count). The van der Waals surface area contributed by atoms with Crippen molar-refractivity contribution < 1.29 is 22.7 Å². The van der Waals surface area contributed by atoms with E-state index in [1.807, 2.05) is 0 Å². The van der Waals surface area contributed by atoms with Crippen molar-refractivity contribution in [3.63, 3.8) is 0 Å². The van der Waals surface area contributed by atoms with Gasteiger partial charge >= 0.3 is 12.1 Å². The van der Waals surface area contributed by atoms with E-state index in [2.05, 4.69) is 9.72 Å². The average molecular weight is 315 g/mol. The number of benzene rings is 1. The van der Waals surface area contributed by atoms with Gasteiger partial charge in [0.15, 0.2) is 0 Å². The number of carbonyl (C=O) groups is 1. The number of halogens is 3. The second-order valence-electron chi connectivity index (χ2n) is 4.36. The predicted octanol–water partition coefficient (Wildman–Crippen LogP) is 3.83. The van der Waals surface area contributed by atoms with Crippen molar-refractivity contribution in [1.82, 2.24) is 4.98 Å². The van der Waals surface area contributed by atoms with Gasteiger partial charge in [-0.3, -0.25) is 9.78 Å². The zero-order chi connectivity index (χ0) is 15.6. The molecule has 0 spiro atoms. The van der Waals surface area contributed by atoms with Crippen LogP contribution in [0.1, 0.15) is 11.3 Å². The summed E-state index contributed by atoms with van der Waals surface area (Å²) in [4.78, 5) is 16.0. The Hall–Kier alpha value is -1.76. The quantitative estimate of drug-likeness (QED) is 0.637. The Kier molecular flexibility index (Phi) is 4.41. The standard InChI is InChI=1S/C14H12F3NO2S/c1-8-5-12(21-7-13(19)20-2)10-6-9(14(15,16)17)3-4-11(10)18-8/h3-6H,7H2,1-2H3. The first-order valence-electron chi connectivity index (χ1n) is 5.99. The third-order valence-electron chi connectivity index (χ3n) is 2.80. The molecule has 0 fully saturated rings. The fraction of sp³-hybridized carbons (Fsp3) is 0.286. The molecule has 0 bridgehead atoms. The van der Waals surface area contributed by atoms with Gasteiger partial charge in [0.2, 0.25) is 0 Å². The molecule has 0 N–H and O–H groups in total. The number of rotatable bonds is 3. The molecule has 0 unspecified atom stereocenters. The van der Waals surface area contributed by atoms with E-state index >= 15 is 0 Å². The van der Waals surface area contributed by atoms with Gasteiger partial charge in [0.1, 0.15) is 0 Å². The number of ether oxygens (including phenoxy) is 1. The summed E-state index contributed by atoms with van der Waals surface area (Å²) in [6.07, 6.45) is -4.41. The molecule has 0 aliphatic rings. The van der Waals surface area contributed by atoms with Crippen molar-refractivity contribution >= 4 is 28.6 Å². The molecule has 1 heterocycles.